The molecule has 1 aromatic rings. The van der Waals surface area contributed by atoms with Gasteiger partial charge in [-0.15, -0.1) is 0 Å². The van der Waals surface area contributed by atoms with Crippen LogP contribution in [0.2, 0.25) is 0 Å². The Morgan fingerprint density at radius 2 is 1.22 bits per heavy atom. The molecule has 0 aliphatic carbocycles. The van der Waals surface area contributed by atoms with E-state index in [0.29, 0.717) is 12.8 Å². The van der Waals surface area contributed by atoms with E-state index in [2.05, 4.69) is 24.5 Å². The number of ether oxygens (including phenoxy) is 3. The average molecular weight is 834 g/mol. The van der Waals surface area contributed by atoms with Crippen LogP contribution in [0.4, 0.5) is 9.59 Å². The summed E-state index contributed by atoms with van der Waals surface area (Å²) in [5.74, 6) is -0.637. The number of aliphatic hydroxyl groups is 3. The zero-order valence-corrected chi connectivity index (χ0v) is 37.3. The molecule has 1 aromatic carbocycles. The first-order chi connectivity index (χ1) is 28.6. The second-order valence-corrected chi connectivity index (χ2v) is 17.0. The Hall–Kier alpha value is -2.93. The van der Waals surface area contributed by atoms with E-state index in [9.17, 15) is 29.7 Å². The Morgan fingerprint density at radius 1 is 0.712 bits per heavy atom. The molecule has 2 rings (SSSR count). The van der Waals surface area contributed by atoms with Crippen molar-refractivity contribution in [2.75, 3.05) is 19.8 Å². The largest absolute Gasteiger partial charge is 0.449 e. The lowest BCUT2D eigenvalue weighted by molar-refractivity contribution is -0.226. The number of aliphatic hydroxyl groups excluding tert-OH is 3. The Bertz CT molecular complexity index is 1220. The minimum atomic E-state index is -1.60. The van der Waals surface area contributed by atoms with Gasteiger partial charge in [0, 0.05) is 6.54 Å². The van der Waals surface area contributed by atoms with E-state index in [0.717, 1.165) is 44.1 Å². The van der Waals surface area contributed by atoms with Gasteiger partial charge in [0.25, 0.3) is 0 Å². The predicted octanol–water partition coefficient (Wildman–Crippen LogP) is 9.31. The van der Waals surface area contributed by atoms with Crippen molar-refractivity contribution in [1.29, 1.82) is 0 Å². The van der Waals surface area contributed by atoms with Crippen LogP contribution < -0.4 is 10.6 Å². The number of rotatable bonds is 33. The van der Waals surface area contributed by atoms with Gasteiger partial charge in [-0.3, -0.25) is 9.69 Å². The smallest absolute Gasteiger partial charge is 0.411 e. The number of nitrogens with zero attached hydrogens (tertiary/aromatic N) is 1. The third-order valence-electron chi connectivity index (χ3n) is 11.3. The van der Waals surface area contributed by atoms with Gasteiger partial charge in [0.2, 0.25) is 5.91 Å². The first-order valence-electron chi connectivity index (χ1n) is 23.5. The van der Waals surface area contributed by atoms with Gasteiger partial charge in [0.1, 0.15) is 37.0 Å². The zero-order valence-electron chi connectivity index (χ0n) is 37.3. The fourth-order valence-electron chi connectivity index (χ4n) is 7.67. The van der Waals surface area contributed by atoms with E-state index in [1.807, 2.05) is 44.2 Å². The second kappa shape index (κ2) is 32.8. The summed E-state index contributed by atoms with van der Waals surface area (Å²) in [6.07, 6.45) is 18.5. The van der Waals surface area contributed by atoms with Crippen molar-refractivity contribution in [2.24, 2.45) is 5.92 Å². The maximum Gasteiger partial charge on any atom is 0.411 e. The summed E-state index contributed by atoms with van der Waals surface area (Å²) >= 11 is 0. The highest BCUT2D eigenvalue weighted by atomic mass is 16.6. The highest BCUT2D eigenvalue weighted by Gasteiger charge is 2.49. The molecule has 1 fully saturated rings. The molecule has 0 saturated carbocycles. The molecule has 0 spiro atoms. The van der Waals surface area contributed by atoms with Gasteiger partial charge < -0.3 is 40.2 Å². The Kier molecular flexibility index (Phi) is 29.0. The van der Waals surface area contributed by atoms with Gasteiger partial charge in [-0.2, -0.15) is 0 Å². The van der Waals surface area contributed by atoms with Crippen LogP contribution in [0.3, 0.4) is 0 Å². The number of benzene rings is 1. The molecule has 0 bridgehead atoms. The number of unbranched alkanes of at least 4 members (excludes halogenated alkanes) is 20. The van der Waals surface area contributed by atoms with Gasteiger partial charge in [0.05, 0.1) is 13.2 Å². The molecule has 1 aliphatic rings. The maximum absolute atomic E-state index is 13.9. The number of carbonyl (C=O) groups is 3. The first-order valence-corrected chi connectivity index (χ1v) is 23.5. The molecule has 1 saturated heterocycles. The molecular formula is C47H83N3O9. The molecule has 12 nitrogen and oxygen atoms in total. The quantitative estimate of drug-likeness (QED) is 0.0434. The minimum Gasteiger partial charge on any atom is -0.449 e. The van der Waals surface area contributed by atoms with E-state index in [1.54, 1.807) is 0 Å². The lowest BCUT2D eigenvalue weighted by atomic mass is 9.94. The van der Waals surface area contributed by atoms with Crippen molar-refractivity contribution >= 4 is 18.1 Å². The Morgan fingerprint density at radius 3 is 1.73 bits per heavy atom. The van der Waals surface area contributed by atoms with Crippen LogP contribution in [0, 0.1) is 5.92 Å². The number of alkyl carbamates (subject to hydrolysis) is 1. The molecule has 12 heteroatoms. The van der Waals surface area contributed by atoms with Gasteiger partial charge in [-0.25, -0.2) is 9.59 Å². The summed E-state index contributed by atoms with van der Waals surface area (Å²) in [4.78, 5) is 42.1. The molecule has 3 amide bonds. The number of hydrogen-bond donors (Lipinski definition) is 5. The van der Waals surface area contributed by atoms with Crippen LogP contribution in [-0.4, -0.2) is 94.7 Å². The molecule has 340 valence electrons. The number of hydrogen-bond acceptors (Lipinski definition) is 9. The molecule has 1 heterocycles. The number of amides is 3. The van der Waals surface area contributed by atoms with Crippen LogP contribution in [-0.2, 0) is 25.6 Å². The summed E-state index contributed by atoms with van der Waals surface area (Å²) in [6, 6.07) is 6.85. The molecule has 1 aliphatic heterocycles. The van der Waals surface area contributed by atoms with Crippen LogP contribution in [0.15, 0.2) is 30.3 Å². The summed E-state index contributed by atoms with van der Waals surface area (Å²) in [5, 5.41) is 38.0. The summed E-state index contributed by atoms with van der Waals surface area (Å²) in [5.41, 5.74) is 0.790. The summed E-state index contributed by atoms with van der Waals surface area (Å²) in [6.45, 7) is 8.13. The van der Waals surface area contributed by atoms with E-state index in [4.69, 9.17) is 14.2 Å². The van der Waals surface area contributed by atoms with Crippen LogP contribution in [0.1, 0.15) is 181 Å². The molecule has 0 unspecified atom stereocenters. The summed E-state index contributed by atoms with van der Waals surface area (Å²) in [7, 11) is 0. The molecule has 59 heavy (non-hydrogen) atoms. The molecule has 0 radical (unpaired) electrons. The van der Waals surface area contributed by atoms with Crippen molar-refractivity contribution in [3.05, 3.63) is 35.9 Å². The average Bonchev–Trinajstić information content (AvgIpc) is 3.22. The van der Waals surface area contributed by atoms with Crippen molar-refractivity contribution in [3.63, 3.8) is 0 Å². The number of carbonyl (C=O) groups excluding carboxylic acids is 3. The fourth-order valence-corrected chi connectivity index (χ4v) is 7.67. The minimum absolute atomic E-state index is 0.00371. The Balaban J connectivity index is 2.10. The van der Waals surface area contributed by atoms with E-state index >= 15 is 0 Å². The molecule has 6 atom stereocenters. The van der Waals surface area contributed by atoms with Crippen molar-refractivity contribution in [2.45, 2.75) is 219 Å². The first kappa shape index (κ1) is 52.2. The normalized spacial score (nSPS) is 19.6. The highest BCUT2D eigenvalue weighted by Crippen LogP contribution is 2.26. The van der Waals surface area contributed by atoms with E-state index in [-0.39, 0.29) is 32.1 Å². The van der Waals surface area contributed by atoms with Crippen LogP contribution in [0.5, 0.6) is 0 Å². The second-order valence-electron chi connectivity index (χ2n) is 17.0. The molecule has 0 aromatic heterocycles. The predicted molar refractivity (Wildman–Crippen MR) is 234 cm³/mol. The van der Waals surface area contributed by atoms with Gasteiger partial charge in [-0.05, 0) is 30.7 Å². The third kappa shape index (κ3) is 22.5. The summed E-state index contributed by atoms with van der Waals surface area (Å²) < 4.78 is 17.3. The van der Waals surface area contributed by atoms with E-state index in [1.165, 1.54) is 94.8 Å². The Labute approximate surface area is 356 Å². The lowest BCUT2D eigenvalue weighted by Gasteiger charge is -2.46. The van der Waals surface area contributed by atoms with Crippen LogP contribution >= 0.6 is 0 Å². The van der Waals surface area contributed by atoms with Crippen LogP contribution in [0.25, 0.3) is 0 Å². The fraction of sp³-hybridized carbons (Fsp3) is 0.809. The topological polar surface area (TPSA) is 167 Å². The van der Waals surface area contributed by atoms with Crippen molar-refractivity contribution in [1.82, 2.24) is 15.5 Å². The SMILES string of the molecule is CCCCCCCCCCCCCCOC(=O)N(CCCCCCCCCCCC)[C@@H]1O[C@H](CO)[C@@H](O)[C@H](O)[C@H]1NC(=O)[C@H](CC(C)C)NC(=O)OCc1ccccc1. The third-order valence-corrected chi connectivity index (χ3v) is 11.3. The zero-order chi connectivity index (χ0) is 43.1. The van der Waals surface area contributed by atoms with E-state index < -0.39 is 61.3 Å². The number of nitrogens with one attached hydrogen (secondary N) is 2. The maximum atomic E-state index is 13.9. The van der Waals surface area contributed by atoms with Gasteiger partial charge in [-0.1, -0.05) is 186 Å². The highest BCUT2D eigenvalue weighted by molar-refractivity contribution is 5.86. The van der Waals surface area contributed by atoms with Crippen molar-refractivity contribution in [3.8, 4) is 0 Å². The van der Waals surface area contributed by atoms with Gasteiger partial charge in [0.15, 0.2) is 6.23 Å². The van der Waals surface area contributed by atoms with Gasteiger partial charge >= 0.3 is 12.2 Å². The van der Waals surface area contributed by atoms with Crippen molar-refractivity contribution < 1.29 is 43.9 Å². The lowest BCUT2D eigenvalue weighted by Crippen LogP contribution is -2.70. The molecular weight excluding hydrogens is 751 g/mol. The molecule has 5 N–H and O–H groups in total. The monoisotopic (exact) mass is 834 g/mol. The standard InChI is InChI=1S/C47H83N3O9/c1-5-7-9-11-13-15-17-18-20-22-24-29-33-57-47(56)50(32-28-23-21-19-16-14-12-10-8-6-2)45-41(43(53)42(52)40(35-51)59-45)49-44(54)39(34-37(3)4)48-46(55)58-36-38-30-26-25-27-31-38/h25-27,30-31,37,39-43,45,51-53H,5-24,28-29,32-36H2,1-4H3,(H,48,55)(H,49,54)/t39-,40+,41+,42+,43+,45+/m0/s1.